The molecule has 3 aromatic carbocycles. The minimum atomic E-state index is -1.81. The summed E-state index contributed by atoms with van der Waals surface area (Å²) in [5, 5.41) is 30.6. The Morgan fingerprint density at radius 1 is 1.12 bits per heavy atom. The van der Waals surface area contributed by atoms with Gasteiger partial charge in [0, 0.05) is 41.3 Å². The van der Waals surface area contributed by atoms with Crippen LogP contribution in [-0.4, -0.2) is 55.8 Å². The quantitative estimate of drug-likeness (QED) is 0.121. The molecule has 0 spiro atoms. The number of aromatic nitrogens is 3. The van der Waals surface area contributed by atoms with Crippen LogP contribution in [0.1, 0.15) is 55.0 Å². The second-order valence-electron chi connectivity index (χ2n) is 12.1. The Balaban J connectivity index is 1.16. The predicted octanol–water partition coefficient (Wildman–Crippen LogP) is 4.81. The number of carbonyl (C=O) groups is 3. The number of benzene rings is 3. The zero-order valence-electron chi connectivity index (χ0n) is 26.6. The van der Waals surface area contributed by atoms with E-state index in [4.69, 9.17) is 4.74 Å². The zero-order valence-corrected chi connectivity index (χ0v) is 28.2. The highest BCUT2D eigenvalue weighted by Crippen LogP contribution is 2.47. The number of nitrogens with zero attached hydrogens (tertiary/aromatic N) is 5. The third-order valence-electron chi connectivity index (χ3n) is 8.88. The zero-order chi connectivity index (χ0) is 34.0. The van der Waals surface area contributed by atoms with E-state index in [1.54, 1.807) is 33.8 Å². The molecule has 2 amide bonds. The van der Waals surface area contributed by atoms with Crippen molar-refractivity contribution in [1.29, 1.82) is 0 Å². The number of rotatable bonds is 12. The summed E-state index contributed by atoms with van der Waals surface area (Å²) in [6.07, 6.45) is 5.63. The van der Waals surface area contributed by atoms with Crippen molar-refractivity contribution in [3.05, 3.63) is 118 Å². The van der Waals surface area contributed by atoms with E-state index in [0.717, 1.165) is 15.6 Å². The molecular weight excluding hydrogens is 678 g/mol. The van der Waals surface area contributed by atoms with Crippen molar-refractivity contribution in [2.75, 3.05) is 16.4 Å². The lowest BCUT2D eigenvalue weighted by atomic mass is 9.83. The van der Waals surface area contributed by atoms with Crippen LogP contribution >= 0.6 is 15.9 Å². The summed E-state index contributed by atoms with van der Waals surface area (Å²) < 4.78 is 7.72. The van der Waals surface area contributed by atoms with E-state index in [1.807, 2.05) is 73.8 Å². The average Bonchev–Trinajstić information content (AvgIpc) is 3.61. The molecular formula is C36H36BrN5O6. The minimum Gasteiger partial charge on any atom is -0.441 e. The Bertz CT molecular complexity index is 1860. The van der Waals surface area contributed by atoms with Crippen LogP contribution in [0.2, 0.25) is 0 Å². The summed E-state index contributed by atoms with van der Waals surface area (Å²) in [6, 6.07) is 22.3. The van der Waals surface area contributed by atoms with Crippen LogP contribution in [0.15, 0.2) is 95.6 Å². The monoisotopic (exact) mass is 713 g/mol. The fourth-order valence-corrected chi connectivity index (χ4v) is 6.69. The van der Waals surface area contributed by atoms with Crippen LogP contribution in [0.4, 0.5) is 11.4 Å². The van der Waals surface area contributed by atoms with Crippen LogP contribution in [0.3, 0.4) is 0 Å². The average molecular weight is 715 g/mol. The Morgan fingerprint density at radius 3 is 2.65 bits per heavy atom. The van der Waals surface area contributed by atoms with Crippen LogP contribution in [-0.2, 0) is 37.8 Å². The first kappa shape index (κ1) is 33.3. The molecule has 0 aliphatic carbocycles. The van der Waals surface area contributed by atoms with E-state index in [0.29, 0.717) is 35.6 Å². The van der Waals surface area contributed by atoms with Crippen molar-refractivity contribution < 1.29 is 29.3 Å². The van der Waals surface area contributed by atoms with Crippen molar-refractivity contribution in [3.8, 4) is 0 Å². The summed E-state index contributed by atoms with van der Waals surface area (Å²) in [7, 11) is 0. The molecule has 0 bridgehead atoms. The van der Waals surface area contributed by atoms with Crippen LogP contribution in [0.25, 0.3) is 0 Å². The van der Waals surface area contributed by atoms with Crippen molar-refractivity contribution in [2.45, 2.75) is 57.5 Å². The number of carbonyl (C=O) groups excluding carboxylic acids is 3. The fraction of sp³-hybridized carbons (Fsp3) is 0.306. The fourth-order valence-electron chi connectivity index (χ4n) is 6.33. The molecule has 6 rings (SSSR count). The topological polar surface area (TPSA) is 138 Å². The van der Waals surface area contributed by atoms with Gasteiger partial charge in [-0.15, -0.1) is 5.10 Å². The molecule has 1 saturated heterocycles. The third kappa shape index (κ3) is 6.43. The number of anilines is 2. The van der Waals surface area contributed by atoms with Gasteiger partial charge in [0.2, 0.25) is 5.91 Å². The number of ether oxygens (including phenoxy) is 1. The highest BCUT2D eigenvalue weighted by Gasteiger charge is 2.52. The number of hydrogen-bond acceptors (Lipinski definition) is 8. The lowest BCUT2D eigenvalue weighted by Crippen LogP contribution is -2.54. The van der Waals surface area contributed by atoms with Crippen molar-refractivity contribution in [2.24, 2.45) is 5.92 Å². The largest absolute Gasteiger partial charge is 0.441 e. The molecule has 48 heavy (non-hydrogen) atoms. The first-order chi connectivity index (χ1) is 23.1. The molecule has 1 aromatic heterocycles. The Hall–Kier alpha value is -4.65. The molecule has 0 saturated carbocycles. The SMILES string of the molecule is CC(=O)OC1CC(=O)N1c1cccc(CN2C(=O)[C@](O)([C@H](C)/C=C/CCn3cc(C(CO)c4ccccc4)nn3)c3cc(Br)ccc32)c1. The minimum absolute atomic E-state index is 0.0819. The summed E-state index contributed by atoms with van der Waals surface area (Å²) in [6.45, 7) is 3.72. The number of aryl methyl sites for hydroxylation is 1. The number of aliphatic hydroxyl groups is 2. The lowest BCUT2D eigenvalue weighted by Gasteiger charge is -2.39. The van der Waals surface area contributed by atoms with Gasteiger partial charge in [-0.3, -0.25) is 24.0 Å². The second-order valence-corrected chi connectivity index (χ2v) is 13.0. The highest BCUT2D eigenvalue weighted by atomic mass is 79.9. The number of hydrogen-bond donors (Lipinski definition) is 2. The van der Waals surface area contributed by atoms with Crippen molar-refractivity contribution in [3.63, 3.8) is 0 Å². The van der Waals surface area contributed by atoms with Gasteiger partial charge in [0.25, 0.3) is 5.91 Å². The molecule has 248 valence electrons. The maximum absolute atomic E-state index is 14.1. The highest BCUT2D eigenvalue weighted by molar-refractivity contribution is 9.10. The molecule has 2 unspecified atom stereocenters. The Morgan fingerprint density at radius 2 is 1.92 bits per heavy atom. The van der Waals surface area contributed by atoms with Gasteiger partial charge in [-0.05, 0) is 47.9 Å². The molecule has 4 atom stereocenters. The number of aliphatic hydroxyl groups excluding tert-OH is 1. The third-order valence-corrected chi connectivity index (χ3v) is 9.37. The molecule has 12 heteroatoms. The lowest BCUT2D eigenvalue weighted by molar-refractivity contribution is -0.153. The summed E-state index contributed by atoms with van der Waals surface area (Å²) in [5.41, 5.74) is 2.23. The van der Waals surface area contributed by atoms with Crippen LogP contribution < -0.4 is 9.80 Å². The van der Waals surface area contributed by atoms with Crippen molar-refractivity contribution in [1.82, 2.24) is 15.0 Å². The number of halogens is 1. The molecule has 2 aliphatic rings. The molecule has 2 N–H and O–H groups in total. The Labute approximate surface area is 286 Å². The normalized spacial score (nSPS) is 20.1. The maximum atomic E-state index is 14.1. The van der Waals surface area contributed by atoms with E-state index in [9.17, 15) is 24.6 Å². The van der Waals surface area contributed by atoms with Crippen LogP contribution in [0, 0.1) is 5.92 Å². The van der Waals surface area contributed by atoms with Gasteiger partial charge in [-0.2, -0.15) is 0 Å². The molecule has 4 aromatic rings. The molecule has 2 aliphatic heterocycles. The van der Waals surface area contributed by atoms with E-state index in [2.05, 4.69) is 26.2 Å². The number of esters is 1. The number of amides is 2. The Kier molecular flexibility index (Phi) is 9.58. The van der Waals surface area contributed by atoms with E-state index in [1.165, 1.54) is 11.8 Å². The van der Waals surface area contributed by atoms with Gasteiger partial charge in [-0.1, -0.05) is 82.7 Å². The first-order valence-electron chi connectivity index (χ1n) is 15.7. The van der Waals surface area contributed by atoms with Gasteiger partial charge in [0.1, 0.15) is 0 Å². The predicted molar refractivity (Wildman–Crippen MR) is 182 cm³/mol. The van der Waals surface area contributed by atoms with Crippen LogP contribution in [0.5, 0.6) is 0 Å². The number of β-lactam (4-membered cyclic amide) rings is 1. The van der Waals surface area contributed by atoms with Gasteiger partial charge in [-0.25, -0.2) is 0 Å². The molecule has 3 heterocycles. The molecule has 11 nitrogen and oxygen atoms in total. The van der Waals surface area contributed by atoms with Gasteiger partial charge in [0.05, 0.1) is 36.9 Å². The van der Waals surface area contributed by atoms with Gasteiger partial charge < -0.3 is 19.8 Å². The van der Waals surface area contributed by atoms with E-state index in [-0.39, 0.29) is 31.4 Å². The second kappa shape index (κ2) is 13.8. The van der Waals surface area contributed by atoms with Crippen molar-refractivity contribution >= 4 is 45.1 Å². The first-order valence-corrected chi connectivity index (χ1v) is 16.5. The summed E-state index contributed by atoms with van der Waals surface area (Å²) >= 11 is 3.50. The van der Waals surface area contributed by atoms with Gasteiger partial charge in [0.15, 0.2) is 11.8 Å². The number of allylic oxidation sites excluding steroid dienone is 1. The number of fused-ring (bicyclic) bond motifs is 1. The maximum Gasteiger partial charge on any atom is 0.304 e. The molecule has 1 fully saturated rings. The summed E-state index contributed by atoms with van der Waals surface area (Å²) in [4.78, 5) is 40.9. The summed E-state index contributed by atoms with van der Waals surface area (Å²) in [5.74, 6) is -1.91. The smallest absolute Gasteiger partial charge is 0.304 e. The standard InChI is InChI=1S/C36H36BrN5O6/c1-23(9-6-7-16-40-21-31(38-39-40)29(22-43)26-11-4-3-5-12-26)36(47)30-18-27(37)14-15-32(30)41(35(36)46)20-25-10-8-13-28(17-25)42-33(45)19-34(42)48-24(2)44/h3-6,8-15,17-18,21,23,29,34,43,47H,7,16,19-20,22H2,1-2H3/b9-6+/t23-,29?,34?,36+/m1/s1. The van der Waals surface area contributed by atoms with E-state index < -0.39 is 29.6 Å². The molecule has 0 radical (unpaired) electrons. The van der Waals surface area contributed by atoms with E-state index >= 15 is 0 Å². The van der Waals surface area contributed by atoms with Gasteiger partial charge >= 0.3 is 5.97 Å².